The van der Waals surface area contributed by atoms with Crippen LogP contribution in [0.1, 0.15) is 35.4 Å². The molecule has 0 radical (unpaired) electrons. The minimum atomic E-state index is -4.70. The Labute approximate surface area is 124 Å². The minimum Gasteiger partial charge on any atom is -0.458 e. The molecule has 0 aliphatic heterocycles. The first-order valence-corrected chi connectivity index (χ1v) is 5.40. The summed E-state index contributed by atoms with van der Waals surface area (Å²) in [6, 6.07) is -4.46. The molecule has 0 saturated carbocycles. The molecule has 0 fully saturated rings. The molecular weight excluding hydrogens is 276 g/mol. The van der Waals surface area contributed by atoms with E-state index in [0.29, 0.717) is 0 Å². The van der Waals surface area contributed by atoms with E-state index in [4.69, 9.17) is 9.60 Å². The van der Waals surface area contributed by atoms with Crippen LogP contribution >= 0.6 is 0 Å². The number of hydrogen-bond donors (Lipinski definition) is 0. The van der Waals surface area contributed by atoms with E-state index in [-0.39, 0.29) is 0 Å². The molecule has 0 aliphatic rings. The fourth-order valence-electron chi connectivity index (χ4n) is 1.20. The average Bonchev–Trinajstić information content (AvgIpc) is 2.54. The van der Waals surface area contributed by atoms with E-state index in [2.05, 4.69) is 4.74 Å². The predicted molar refractivity (Wildman–Crippen MR) is 66.0 cm³/mol. The van der Waals surface area contributed by atoms with Gasteiger partial charge < -0.3 is 4.74 Å². The Morgan fingerprint density at radius 2 is 1.95 bits per heavy atom. The minimum absolute atomic E-state index is 0.795. The molecule has 0 spiro atoms. The van der Waals surface area contributed by atoms with Gasteiger partial charge in [-0.3, -0.25) is 4.79 Å². The Bertz CT molecular complexity index is 723. The van der Waals surface area contributed by atoms with Gasteiger partial charge in [-0.15, -0.1) is 0 Å². The van der Waals surface area contributed by atoms with Crippen molar-refractivity contribution in [3.05, 3.63) is 35.8 Å². The summed E-state index contributed by atoms with van der Waals surface area (Å²) in [6.07, 6.45) is -6.81. The Balaban J connectivity index is 3.59. The van der Waals surface area contributed by atoms with Gasteiger partial charge in [0, 0.05) is 2.74 Å². The van der Waals surface area contributed by atoms with Crippen molar-refractivity contribution in [2.75, 3.05) is 6.61 Å². The van der Waals surface area contributed by atoms with Crippen LogP contribution in [0.15, 0.2) is 30.2 Å². The van der Waals surface area contributed by atoms with Gasteiger partial charge in [-0.1, -0.05) is 37.1 Å². The summed E-state index contributed by atoms with van der Waals surface area (Å²) in [5.41, 5.74) is -3.48. The Hall–Kier alpha value is -1.59. The first-order chi connectivity index (χ1) is 12.0. The van der Waals surface area contributed by atoms with E-state index < -0.39 is 72.5 Å². The molecular formula is C14H16F4O2. The molecule has 1 aromatic carbocycles. The molecule has 20 heavy (non-hydrogen) atoms. The van der Waals surface area contributed by atoms with Crippen LogP contribution in [-0.4, -0.2) is 24.9 Å². The molecule has 0 aromatic heterocycles. The van der Waals surface area contributed by atoms with Gasteiger partial charge in [-0.25, -0.2) is 8.78 Å². The number of benzene rings is 1. The van der Waals surface area contributed by atoms with Crippen molar-refractivity contribution in [2.24, 2.45) is 0 Å². The molecule has 2 nitrogen and oxygen atoms in total. The lowest BCUT2D eigenvalue weighted by molar-refractivity contribution is -0.183. The molecule has 0 bridgehead atoms. The third-order valence-electron chi connectivity index (χ3n) is 2.62. The second-order valence-electron chi connectivity index (χ2n) is 4.01. The van der Waals surface area contributed by atoms with Gasteiger partial charge in [0.25, 0.3) is 0 Å². The third-order valence-corrected chi connectivity index (χ3v) is 2.62. The van der Waals surface area contributed by atoms with Crippen molar-refractivity contribution in [3.8, 4) is 0 Å². The zero-order valence-electron chi connectivity index (χ0n) is 17.6. The van der Waals surface area contributed by atoms with Crippen LogP contribution < -0.4 is 0 Å². The smallest absolute Gasteiger partial charge is 0.340 e. The molecule has 112 valence electrons. The molecule has 1 unspecified atom stereocenters. The zero-order chi connectivity index (χ0) is 21.5. The van der Waals surface area contributed by atoms with E-state index in [1.165, 1.54) is 0 Å². The van der Waals surface area contributed by atoms with Crippen LogP contribution in [0.3, 0.4) is 0 Å². The summed E-state index contributed by atoms with van der Waals surface area (Å²) < 4.78 is 109. The van der Waals surface area contributed by atoms with Crippen LogP contribution in [0.25, 0.3) is 0 Å². The molecule has 1 atom stereocenters. The van der Waals surface area contributed by atoms with Crippen LogP contribution in [-0.2, 0) is 14.9 Å². The fraction of sp³-hybridized carbons (Fsp3) is 0.500. The standard InChI is InChI=1S/C14H16F4O2/c1-3-13(2,10-7-5-4-6-8-10)12(19)20-9-14(17,18)11(15)16/h4-8,11H,3,9H2,1-2H3/i3D2,4D,5D,6D,7D,8D. The monoisotopic (exact) mass is 299 g/mol. The maximum absolute atomic E-state index is 13.1. The maximum atomic E-state index is 13.1. The lowest BCUT2D eigenvalue weighted by atomic mass is 9.80. The number of esters is 1. The van der Waals surface area contributed by atoms with Crippen LogP contribution in [0.4, 0.5) is 17.6 Å². The Morgan fingerprint density at radius 3 is 2.40 bits per heavy atom. The van der Waals surface area contributed by atoms with Gasteiger partial charge >= 0.3 is 18.3 Å². The Morgan fingerprint density at radius 1 is 1.40 bits per heavy atom. The third kappa shape index (κ3) is 3.49. The van der Waals surface area contributed by atoms with E-state index in [9.17, 15) is 22.4 Å². The van der Waals surface area contributed by atoms with E-state index in [0.717, 1.165) is 13.8 Å². The molecule has 1 aromatic rings. The highest BCUT2D eigenvalue weighted by atomic mass is 19.3. The van der Waals surface area contributed by atoms with Gasteiger partial charge in [0.15, 0.2) is 6.61 Å². The molecule has 0 aliphatic carbocycles. The number of halogens is 4. The van der Waals surface area contributed by atoms with Crippen molar-refractivity contribution in [3.63, 3.8) is 0 Å². The summed E-state index contributed by atoms with van der Waals surface area (Å²) in [5, 5.41) is 0. The summed E-state index contributed by atoms with van der Waals surface area (Å²) >= 11 is 0. The molecule has 0 heterocycles. The average molecular weight is 299 g/mol. The van der Waals surface area contributed by atoms with Crippen molar-refractivity contribution < 1.29 is 36.7 Å². The highest BCUT2D eigenvalue weighted by Gasteiger charge is 2.44. The molecule has 1 rings (SSSR count). The molecule has 0 N–H and O–H groups in total. The maximum Gasteiger partial charge on any atom is 0.340 e. The fourth-order valence-corrected chi connectivity index (χ4v) is 1.20. The van der Waals surface area contributed by atoms with Crippen molar-refractivity contribution in [1.29, 1.82) is 0 Å². The number of hydrogen-bond acceptors (Lipinski definition) is 2. The van der Waals surface area contributed by atoms with Crippen molar-refractivity contribution >= 4 is 5.97 Å². The zero-order valence-corrected chi connectivity index (χ0v) is 10.6. The van der Waals surface area contributed by atoms with Crippen molar-refractivity contribution in [1.82, 2.24) is 0 Å². The van der Waals surface area contributed by atoms with Crippen LogP contribution in [0.2, 0.25) is 0 Å². The largest absolute Gasteiger partial charge is 0.458 e. The SMILES string of the molecule is [2H]c1c([2H])c([2H])c(C(C)(C(=O)OCC(F)(F)C(F)F)C([2H])([2H])C)c([2H])c1[2H]. The van der Waals surface area contributed by atoms with Crippen LogP contribution in [0.5, 0.6) is 0 Å². The first-order valence-electron chi connectivity index (χ1n) is 8.90. The topological polar surface area (TPSA) is 26.3 Å². The first kappa shape index (κ1) is 8.64. The summed E-state index contributed by atoms with van der Waals surface area (Å²) in [5.74, 6) is -6.47. The number of rotatable bonds is 6. The number of ether oxygens (including phenoxy) is 1. The van der Waals surface area contributed by atoms with Gasteiger partial charge in [-0.2, -0.15) is 8.78 Å². The van der Waals surface area contributed by atoms with E-state index in [1.807, 2.05) is 0 Å². The lowest BCUT2D eigenvalue weighted by Crippen LogP contribution is -2.39. The predicted octanol–water partition coefficient (Wildman–Crippen LogP) is 3.80. The summed E-state index contributed by atoms with van der Waals surface area (Å²) in [6.45, 7) is -0.460. The number of carbonyl (C=O) groups is 1. The second kappa shape index (κ2) is 6.24. The second-order valence-corrected chi connectivity index (χ2v) is 4.01. The van der Waals surface area contributed by atoms with E-state index >= 15 is 0 Å². The summed E-state index contributed by atoms with van der Waals surface area (Å²) in [7, 11) is 0. The van der Waals surface area contributed by atoms with Gasteiger partial charge in [-0.05, 0) is 18.9 Å². The molecule has 0 amide bonds. The highest BCUT2D eigenvalue weighted by Crippen LogP contribution is 2.30. The van der Waals surface area contributed by atoms with Gasteiger partial charge in [0.2, 0.25) is 0 Å². The van der Waals surface area contributed by atoms with Gasteiger partial charge in [0.05, 0.1) is 12.3 Å². The molecule has 0 saturated heterocycles. The lowest BCUT2D eigenvalue weighted by Gasteiger charge is -2.27. The normalized spacial score (nSPS) is 20.6. The Kier molecular flexibility index (Phi) is 2.70. The number of carbonyl (C=O) groups excluding carboxylic acids is 1. The molecule has 6 heteroatoms. The summed E-state index contributed by atoms with van der Waals surface area (Å²) in [4.78, 5) is 12.4. The van der Waals surface area contributed by atoms with Gasteiger partial charge in [0.1, 0.15) is 0 Å². The highest BCUT2D eigenvalue weighted by molar-refractivity contribution is 5.82. The van der Waals surface area contributed by atoms with Crippen LogP contribution in [0, 0.1) is 0 Å². The van der Waals surface area contributed by atoms with Crippen molar-refractivity contribution in [2.45, 2.75) is 38.0 Å². The number of alkyl halides is 4. The quantitative estimate of drug-likeness (QED) is 0.590. The van der Waals surface area contributed by atoms with E-state index in [1.54, 1.807) is 0 Å².